The van der Waals surface area contributed by atoms with Crippen LogP contribution in [0.3, 0.4) is 0 Å². The molecule has 0 aliphatic heterocycles. The van der Waals surface area contributed by atoms with Gasteiger partial charge in [-0.25, -0.2) is 4.68 Å². The number of carbonyl (C=O) groups excluding carboxylic acids is 1. The van der Waals surface area contributed by atoms with E-state index in [1.807, 2.05) is 47.1 Å². The molecule has 0 radical (unpaired) electrons. The minimum atomic E-state index is -0.0720. The largest absolute Gasteiger partial charge is 0.497 e. The van der Waals surface area contributed by atoms with E-state index < -0.39 is 0 Å². The first-order valence-electron chi connectivity index (χ1n) is 9.49. The van der Waals surface area contributed by atoms with Crippen LogP contribution in [-0.2, 0) is 6.54 Å². The summed E-state index contributed by atoms with van der Waals surface area (Å²) in [6.07, 6.45) is 3.37. The quantitative estimate of drug-likeness (QED) is 0.341. The van der Waals surface area contributed by atoms with E-state index in [1.54, 1.807) is 50.6 Å². The van der Waals surface area contributed by atoms with E-state index in [4.69, 9.17) is 9.47 Å². The van der Waals surface area contributed by atoms with Crippen molar-refractivity contribution in [2.24, 2.45) is 0 Å². The molecule has 150 valence electrons. The number of rotatable bonds is 7. The van der Waals surface area contributed by atoms with Crippen LogP contribution in [0, 0.1) is 0 Å². The molecule has 0 aliphatic carbocycles. The fourth-order valence-corrected chi connectivity index (χ4v) is 3.24. The second kappa shape index (κ2) is 8.61. The number of carbonyl (C=O) groups is 1. The SMILES string of the molecule is COc1ccc(C(=O)/C=C/c2ccc(OC)c(Cn3nnc4ccccc43)c2)cc1. The van der Waals surface area contributed by atoms with Gasteiger partial charge >= 0.3 is 0 Å². The predicted octanol–water partition coefficient (Wildman–Crippen LogP) is 4.39. The van der Waals surface area contributed by atoms with Crippen LogP contribution in [0.4, 0.5) is 0 Å². The van der Waals surface area contributed by atoms with Gasteiger partial charge in [0.1, 0.15) is 17.0 Å². The molecule has 1 aromatic heterocycles. The molecule has 0 N–H and O–H groups in total. The smallest absolute Gasteiger partial charge is 0.185 e. The van der Waals surface area contributed by atoms with Crippen LogP contribution in [-0.4, -0.2) is 35.0 Å². The zero-order chi connectivity index (χ0) is 20.9. The molecule has 6 nitrogen and oxygen atoms in total. The van der Waals surface area contributed by atoms with Crippen molar-refractivity contribution >= 4 is 22.9 Å². The summed E-state index contributed by atoms with van der Waals surface area (Å²) in [7, 11) is 3.24. The van der Waals surface area contributed by atoms with Gasteiger partial charge in [-0.1, -0.05) is 29.5 Å². The van der Waals surface area contributed by atoms with Crippen molar-refractivity contribution in [3.05, 3.63) is 89.5 Å². The lowest BCUT2D eigenvalue weighted by Gasteiger charge is -2.10. The monoisotopic (exact) mass is 399 g/mol. The average Bonchev–Trinajstić information content (AvgIpc) is 3.20. The Balaban J connectivity index is 1.57. The molecule has 30 heavy (non-hydrogen) atoms. The normalized spacial score (nSPS) is 11.1. The molecular weight excluding hydrogens is 378 g/mol. The van der Waals surface area contributed by atoms with Crippen LogP contribution >= 0.6 is 0 Å². The summed E-state index contributed by atoms with van der Waals surface area (Å²) in [5.74, 6) is 1.40. The molecule has 4 aromatic rings. The van der Waals surface area contributed by atoms with Gasteiger partial charge in [0.15, 0.2) is 5.78 Å². The third kappa shape index (κ3) is 4.07. The number of fused-ring (bicyclic) bond motifs is 1. The average molecular weight is 399 g/mol. The summed E-state index contributed by atoms with van der Waals surface area (Å²) in [4.78, 5) is 12.5. The Morgan fingerprint density at radius 3 is 2.57 bits per heavy atom. The molecule has 0 saturated heterocycles. The zero-order valence-electron chi connectivity index (χ0n) is 16.8. The maximum Gasteiger partial charge on any atom is 0.185 e. The highest BCUT2D eigenvalue weighted by atomic mass is 16.5. The highest BCUT2D eigenvalue weighted by Crippen LogP contribution is 2.23. The minimum absolute atomic E-state index is 0.0720. The number of benzene rings is 3. The van der Waals surface area contributed by atoms with Crippen molar-refractivity contribution in [1.29, 1.82) is 0 Å². The lowest BCUT2D eigenvalue weighted by molar-refractivity contribution is 0.104. The Kier molecular flexibility index (Phi) is 5.57. The summed E-state index contributed by atoms with van der Waals surface area (Å²) in [5, 5.41) is 8.46. The number of methoxy groups -OCH3 is 2. The highest BCUT2D eigenvalue weighted by Gasteiger charge is 2.09. The van der Waals surface area contributed by atoms with Crippen molar-refractivity contribution in [2.45, 2.75) is 6.54 Å². The Labute approximate surface area is 174 Å². The van der Waals surface area contributed by atoms with Gasteiger partial charge in [-0.2, -0.15) is 0 Å². The van der Waals surface area contributed by atoms with E-state index in [0.29, 0.717) is 12.1 Å². The molecule has 3 aromatic carbocycles. The van der Waals surface area contributed by atoms with Gasteiger partial charge in [0.05, 0.1) is 26.3 Å². The number of para-hydroxylation sites is 1. The molecule has 0 spiro atoms. The first-order chi connectivity index (χ1) is 14.7. The number of allylic oxidation sites excluding steroid dienone is 1. The number of aromatic nitrogens is 3. The second-order valence-corrected chi connectivity index (χ2v) is 6.73. The Bertz CT molecular complexity index is 1210. The van der Waals surface area contributed by atoms with Gasteiger partial charge in [0, 0.05) is 11.1 Å². The van der Waals surface area contributed by atoms with Crippen LogP contribution in [0.15, 0.2) is 72.8 Å². The molecule has 0 atom stereocenters. The summed E-state index contributed by atoms with van der Waals surface area (Å²) < 4.78 is 12.5. The minimum Gasteiger partial charge on any atom is -0.497 e. The van der Waals surface area contributed by atoms with Crippen LogP contribution in [0.1, 0.15) is 21.5 Å². The third-order valence-electron chi connectivity index (χ3n) is 4.85. The standard InChI is InChI=1S/C24H21N3O3/c1-29-20-11-9-18(10-12-20)23(28)13-7-17-8-14-24(30-2)19(15-17)16-27-22-6-4-3-5-21(22)25-26-27/h3-15H,16H2,1-2H3/b13-7+. The number of ketones is 1. The fourth-order valence-electron chi connectivity index (χ4n) is 3.24. The van der Waals surface area contributed by atoms with Gasteiger partial charge in [0.25, 0.3) is 0 Å². The van der Waals surface area contributed by atoms with E-state index in [1.165, 1.54) is 0 Å². The summed E-state index contributed by atoms with van der Waals surface area (Å²) in [6.45, 7) is 0.512. The van der Waals surface area contributed by atoms with Crippen molar-refractivity contribution in [3.8, 4) is 11.5 Å². The lowest BCUT2D eigenvalue weighted by Crippen LogP contribution is -2.04. The molecule has 1 heterocycles. The van der Waals surface area contributed by atoms with E-state index >= 15 is 0 Å². The number of ether oxygens (including phenoxy) is 2. The maximum absolute atomic E-state index is 12.5. The van der Waals surface area contributed by atoms with E-state index in [-0.39, 0.29) is 5.78 Å². The molecule has 0 aliphatic rings. The second-order valence-electron chi connectivity index (χ2n) is 6.73. The number of hydrogen-bond donors (Lipinski definition) is 0. The third-order valence-corrected chi connectivity index (χ3v) is 4.85. The van der Waals surface area contributed by atoms with Crippen LogP contribution < -0.4 is 9.47 Å². The van der Waals surface area contributed by atoms with Gasteiger partial charge in [-0.05, 0) is 60.2 Å². The fraction of sp³-hybridized carbons (Fsp3) is 0.125. The highest BCUT2D eigenvalue weighted by molar-refractivity contribution is 6.06. The molecule has 0 fully saturated rings. The van der Waals surface area contributed by atoms with Gasteiger partial charge in [-0.15, -0.1) is 5.10 Å². The summed E-state index contributed by atoms with van der Waals surface area (Å²) >= 11 is 0. The lowest BCUT2D eigenvalue weighted by atomic mass is 10.1. The Hall–Kier alpha value is -3.93. The van der Waals surface area contributed by atoms with Crippen molar-refractivity contribution in [2.75, 3.05) is 14.2 Å². The topological polar surface area (TPSA) is 66.2 Å². The van der Waals surface area contributed by atoms with Crippen molar-refractivity contribution in [3.63, 3.8) is 0 Å². The molecule has 0 amide bonds. The summed E-state index contributed by atoms with van der Waals surface area (Å²) in [6, 6.07) is 20.7. The molecular formula is C24H21N3O3. The van der Waals surface area contributed by atoms with Crippen LogP contribution in [0.5, 0.6) is 11.5 Å². The molecule has 4 rings (SSSR count). The molecule has 6 heteroatoms. The predicted molar refractivity (Wildman–Crippen MR) is 116 cm³/mol. The van der Waals surface area contributed by atoms with Crippen LogP contribution in [0.2, 0.25) is 0 Å². The Morgan fingerprint density at radius 2 is 1.80 bits per heavy atom. The zero-order valence-corrected chi connectivity index (χ0v) is 16.8. The van der Waals surface area contributed by atoms with Crippen LogP contribution in [0.25, 0.3) is 17.1 Å². The van der Waals surface area contributed by atoms with Gasteiger partial charge in [-0.3, -0.25) is 4.79 Å². The summed E-state index contributed by atoms with van der Waals surface area (Å²) in [5.41, 5.74) is 4.26. The Morgan fingerprint density at radius 1 is 1.00 bits per heavy atom. The van der Waals surface area contributed by atoms with E-state index in [2.05, 4.69) is 10.3 Å². The van der Waals surface area contributed by atoms with Gasteiger partial charge in [0.2, 0.25) is 0 Å². The van der Waals surface area contributed by atoms with Crippen molar-refractivity contribution < 1.29 is 14.3 Å². The first-order valence-corrected chi connectivity index (χ1v) is 9.49. The van der Waals surface area contributed by atoms with E-state index in [9.17, 15) is 4.79 Å². The molecule has 0 saturated carbocycles. The van der Waals surface area contributed by atoms with Gasteiger partial charge < -0.3 is 9.47 Å². The number of hydrogen-bond acceptors (Lipinski definition) is 5. The van der Waals surface area contributed by atoms with E-state index in [0.717, 1.165) is 33.7 Å². The molecule has 0 bridgehead atoms. The first kappa shape index (κ1) is 19.4. The van der Waals surface area contributed by atoms with Crippen molar-refractivity contribution in [1.82, 2.24) is 15.0 Å². The maximum atomic E-state index is 12.5. The number of nitrogens with zero attached hydrogens (tertiary/aromatic N) is 3. The molecule has 0 unspecified atom stereocenters.